The summed E-state index contributed by atoms with van der Waals surface area (Å²) in [4.78, 5) is 0. The summed E-state index contributed by atoms with van der Waals surface area (Å²) in [5.41, 5.74) is 6.36. The average molecular weight is 169 g/mol. The van der Waals surface area contributed by atoms with Crippen molar-refractivity contribution in [2.24, 2.45) is 23.0 Å². The van der Waals surface area contributed by atoms with Crippen LogP contribution in [0.15, 0.2) is 0 Å². The van der Waals surface area contributed by atoms with Crippen LogP contribution in [0.5, 0.6) is 0 Å². The van der Waals surface area contributed by atoms with Gasteiger partial charge < -0.3 is 5.73 Å². The Balaban J connectivity index is 2.62. The molecule has 12 heavy (non-hydrogen) atoms. The van der Waals surface area contributed by atoms with Crippen LogP contribution in [-0.2, 0) is 0 Å². The molecule has 0 aromatic rings. The van der Waals surface area contributed by atoms with E-state index in [-0.39, 0.29) is 0 Å². The lowest BCUT2D eigenvalue weighted by Gasteiger charge is -2.41. The molecule has 0 bridgehead atoms. The van der Waals surface area contributed by atoms with Crippen molar-refractivity contribution in [1.82, 2.24) is 0 Å². The average Bonchev–Trinajstić information content (AvgIpc) is 2.02. The Kier molecular flexibility index (Phi) is 3.16. The lowest BCUT2D eigenvalue weighted by atomic mass is 9.65. The molecule has 1 aliphatic carbocycles. The largest absolute Gasteiger partial charge is 0.330 e. The molecule has 0 aromatic carbocycles. The summed E-state index contributed by atoms with van der Waals surface area (Å²) in [5, 5.41) is 0. The number of hydrogen-bond acceptors (Lipinski definition) is 1. The fraction of sp³-hybridized carbons (Fsp3) is 1.00. The minimum Gasteiger partial charge on any atom is -0.330 e. The summed E-state index contributed by atoms with van der Waals surface area (Å²) in [7, 11) is 0. The molecule has 0 spiro atoms. The molecule has 1 aliphatic rings. The first-order valence-corrected chi connectivity index (χ1v) is 5.32. The van der Waals surface area contributed by atoms with Gasteiger partial charge in [0.25, 0.3) is 0 Å². The summed E-state index contributed by atoms with van der Waals surface area (Å²) in [6, 6.07) is 0. The molecule has 1 fully saturated rings. The van der Waals surface area contributed by atoms with E-state index in [0.29, 0.717) is 5.41 Å². The van der Waals surface area contributed by atoms with Crippen molar-refractivity contribution >= 4 is 0 Å². The predicted molar refractivity (Wildman–Crippen MR) is 54.0 cm³/mol. The standard InChI is InChI=1S/C11H23N/c1-4-11(8-12)6-9(2)5-10(3)7-11/h9-10H,4-8,12H2,1-3H3. The number of nitrogens with two attached hydrogens (primary N) is 1. The van der Waals surface area contributed by atoms with Crippen LogP contribution in [-0.4, -0.2) is 6.54 Å². The van der Waals surface area contributed by atoms with E-state index in [0.717, 1.165) is 18.4 Å². The highest BCUT2D eigenvalue weighted by molar-refractivity contribution is 4.87. The zero-order valence-electron chi connectivity index (χ0n) is 8.77. The molecule has 1 rings (SSSR count). The maximum Gasteiger partial charge on any atom is -0.00204 e. The smallest absolute Gasteiger partial charge is 0.00204 e. The maximum atomic E-state index is 5.87. The second-order valence-electron chi connectivity index (χ2n) is 4.91. The van der Waals surface area contributed by atoms with Crippen molar-refractivity contribution < 1.29 is 0 Å². The topological polar surface area (TPSA) is 26.0 Å². The highest BCUT2D eigenvalue weighted by atomic mass is 14.6. The van der Waals surface area contributed by atoms with Crippen LogP contribution < -0.4 is 5.73 Å². The van der Waals surface area contributed by atoms with Gasteiger partial charge in [-0.3, -0.25) is 0 Å². The quantitative estimate of drug-likeness (QED) is 0.676. The molecule has 1 nitrogen and oxygen atoms in total. The minimum absolute atomic E-state index is 0.483. The van der Waals surface area contributed by atoms with E-state index in [1.54, 1.807) is 0 Å². The van der Waals surface area contributed by atoms with Gasteiger partial charge in [0.15, 0.2) is 0 Å². The van der Waals surface area contributed by atoms with Crippen molar-refractivity contribution in [2.75, 3.05) is 6.54 Å². The van der Waals surface area contributed by atoms with E-state index >= 15 is 0 Å². The first kappa shape index (κ1) is 10.0. The molecular weight excluding hydrogens is 146 g/mol. The predicted octanol–water partition coefficient (Wildman–Crippen LogP) is 2.80. The lowest BCUT2D eigenvalue weighted by Crippen LogP contribution is -2.37. The lowest BCUT2D eigenvalue weighted by molar-refractivity contribution is 0.108. The van der Waals surface area contributed by atoms with E-state index in [1.807, 2.05) is 0 Å². The molecule has 2 N–H and O–H groups in total. The first-order valence-electron chi connectivity index (χ1n) is 5.32. The fourth-order valence-corrected chi connectivity index (χ4v) is 3.01. The van der Waals surface area contributed by atoms with Crippen LogP contribution in [0.1, 0.15) is 46.5 Å². The molecule has 1 heteroatoms. The van der Waals surface area contributed by atoms with Crippen LogP contribution >= 0.6 is 0 Å². The van der Waals surface area contributed by atoms with Crippen LogP contribution in [0.3, 0.4) is 0 Å². The normalized spacial score (nSPS) is 43.0. The van der Waals surface area contributed by atoms with Crippen molar-refractivity contribution in [2.45, 2.75) is 46.5 Å². The summed E-state index contributed by atoms with van der Waals surface area (Å²) in [5.74, 6) is 1.77. The Labute approximate surface area is 76.7 Å². The highest BCUT2D eigenvalue weighted by Gasteiger charge is 2.34. The van der Waals surface area contributed by atoms with Gasteiger partial charge in [-0.05, 0) is 49.5 Å². The van der Waals surface area contributed by atoms with E-state index in [9.17, 15) is 0 Å². The molecule has 0 saturated heterocycles. The molecule has 2 unspecified atom stereocenters. The third kappa shape index (κ3) is 2.01. The number of rotatable bonds is 2. The van der Waals surface area contributed by atoms with Gasteiger partial charge in [-0.25, -0.2) is 0 Å². The van der Waals surface area contributed by atoms with Gasteiger partial charge in [0.2, 0.25) is 0 Å². The van der Waals surface area contributed by atoms with Gasteiger partial charge in [-0.15, -0.1) is 0 Å². The van der Waals surface area contributed by atoms with E-state index in [4.69, 9.17) is 5.73 Å². The Morgan fingerprint density at radius 3 is 2.08 bits per heavy atom. The molecule has 2 atom stereocenters. The zero-order chi connectivity index (χ0) is 9.19. The maximum absolute atomic E-state index is 5.87. The molecule has 0 radical (unpaired) electrons. The van der Waals surface area contributed by atoms with E-state index < -0.39 is 0 Å². The Morgan fingerprint density at radius 1 is 1.25 bits per heavy atom. The fourth-order valence-electron chi connectivity index (χ4n) is 3.01. The summed E-state index contributed by atoms with van der Waals surface area (Å²) >= 11 is 0. The summed E-state index contributed by atoms with van der Waals surface area (Å²) < 4.78 is 0. The molecular formula is C11H23N. The molecule has 0 heterocycles. The van der Waals surface area contributed by atoms with Crippen LogP contribution in [0, 0.1) is 17.3 Å². The summed E-state index contributed by atoms with van der Waals surface area (Å²) in [6.07, 6.45) is 5.37. The second-order valence-corrected chi connectivity index (χ2v) is 4.91. The third-order valence-corrected chi connectivity index (χ3v) is 3.55. The molecule has 0 aromatic heterocycles. The molecule has 1 saturated carbocycles. The Hall–Kier alpha value is -0.0400. The molecule has 72 valence electrons. The van der Waals surface area contributed by atoms with E-state index in [2.05, 4.69) is 20.8 Å². The minimum atomic E-state index is 0.483. The van der Waals surface area contributed by atoms with Gasteiger partial charge in [-0.2, -0.15) is 0 Å². The Morgan fingerprint density at radius 2 is 1.75 bits per heavy atom. The van der Waals surface area contributed by atoms with Gasteiger partial charge in [0.05, 0.1) is 0 Å². The molecule has 0 aliphatic heterocycles. The summed E-state index contributed by atoms with van der Waals surface area (Å²) in [6.45, 7) is 7.92. The SMILES string of the molecule is CCC1(CN)CC(C)CC(C)C1. The third-order valence-electron chi connectivity index (χ3n) is 3.55. The van der Waals surface area contributed by atoms with Crippen molar-refractivity contribution in [3.8, 4) is 0 Å². The van der Waals surface area contributed by atoms with Crippen LogP contribution in [0.2, 0.25) is 0 Å². The number of hydrogen-bond donors (Lipinski definition) is 1. The monoisotopic (exact) mass is 169 g/mol. The van der Waals surface area contributed by atoms with Gasteiger partial charge >= 0.3 is 0 Å². The molecule has 0 amide bonds. The van der Waals surface area contributed by atoms with Gasteiger partial charge in [-0.1, -0.05) is 20.8 Å². The van der Waals surface area contributed by atoms with Crippen LogP contribution in [0.4, 0.5) is 0 Å². The van der Waals surface area contributed by atoms with Crippen LogP contribution in [0.25, 0.3) is 0 Å². The second kappa shape index (κ2) is 3.78. The van der Waals surface area contributed by atoms with Crippen molar-refractivity contribution in [1.29, 1.82) is 0 Å². The Bertz CT molecular complexity index is 126. The highest BCUT2D eigenvalue weighted by Crippen LogP contribution is 2.43. The first-order chi connectivity index (χ1) is 5.62. The van der Waals surface area contributed by atoms with E-state index in [1.165, 1.54) is 25.7 Å². The zero-order valence-corrected chi connectivity index (χ0v) is 8.77. The van der Waals surface area contributed by atoms with Gasteiger partial charge in [0.1, 0.15) is 0 Å². The van der Waals surface area contributed by atoms with Crippen molar-refractivity contribution in [3.63, 3.8) is 0 Å². The van der Waals surface area contributed by atoms with Gasteiger partial charge in [0, 0.05) is 0 Å². The van der Waals surface area contributed by atoms with Crippen molar-refractivity contribution in [3.05, 3.63) is 0 Å².